The number of ether oxygens (including phenoxy) is 1. The van der Waals surface area contributed by atoms with Crippen LogP contribution in [0.2, 0.25) is 0 Å². The number of nitrogens with one attached hydrogen (secondary N) is 2. The van der Waals surface area contributed by atoms with Gasteiger partial charge in [-0.3, -0.25) is 14.8 Å². The van der Waals surface area contributed by atoms with Crippen molar-refractivity contribution >= 4 is 29.3 Å². The average Bonchev–Trinajstić information content (AvgIpc) is 2.60. The van der Waals surface area contributed by atoms with Gasteiger partial charge in [0.05, 0.1) is 17.6 Å². The Kier molecular flexibility index (Phi) is 6.48. The van der Waals surface area contributed by atoms with Gasteiger partial charge in [-0.25, -0.2) is 0 Å². The topological polar surface area (TPSA) is 76.1 Å². The normalized spacial score (nSPS) is 16.4. The zero-order chi connectivity index (χ0) is 16.1. The molecule has 2 heterocycles. The third-order valence-corrected chi connectivity index (χ3v) is 4.47. The van der Waals surface area contributed by atoms with Crippen LogP contribution < -0.4 is 10.6 Å². The molecule has 0 saturated carbocycles. The van der Waals surface area contributed by atoms with Crippen LogP contribution in [0, 0.1) is 5.41 Å². The molecule has 1 fully saturated rings. The number of carbonyl (C=O) groups excluding carboxylic acids is 1. The Hall–Kier alpha value is -1.76. The van der Waals surface area contributed by atoms with Gasteiger partial charge in [-0.1, -0.05) is 0 Å². The van der Waals surface area contributed by atoms with Crippen LogP contribution in [-0.2, 0) is 4.74 Å². The van der Waals surface area contributed by atoms with Crippen LogP contribution in [-0.4, -0.2) is 49.2 Å². The third-order valence-electron chi connectivity index (χ3n) is 4.47. The molecule has 24 heavy (non-hydrogen) atoms. The number of fused-ring (bicyclic) bond motifs is 1. The first kappa shape index (κ1) is 18.6. The molecule has 6 nitrogen and oxygen atoms in total. The fourth-order valence-electron chi connectivity index (χ4n) is 3.11. The summed E-state index contributed by atoms with van der Waals surface area (Å²) in [6, 6.07) is 5.40. The van der Waals surface area contributed by atoms with E-state index in [-0.39, 0.29) is 23.7 Å². The quantitative estimate of drug-likeness (QED) is 0.860. The standard InChI is InChI=1S/C17H22N4O2.ClH/c1-23-12-17(4-6-18-7-5-17)11-21-16(22)13-2-3-14-15(10-13)20-9-8-19-14;/h2-3,8-10,18H,4-7,11-12H2,1H3,(H,21,22);1H. The number of aromatic nitrogens is 2. The van der Waals surface area contributed by atoms with Gasteiger partial charge in [0, 0.05) is 37.0 Å². The predicted octanol–water partition coefficient (Wildman–Crippen LogP) is 1.80. The minimum Gasteiger partial charge on any atom is -0.384 e. The molecule has 2 N–H and O–H groups in total. The zero-order valence-electron chi connectivity index (χ0n) is 13.7. The van der Waals surface area contributed by atoms with Crippen LogP contribution in [0.4, 0.5) is 0 Å². The Labute approximate surface area is 147 Å². The summed E-state index contributed by atoms with van der Waals surface area (Å²) in [5.74, 6) is -0.0773. The van der Waals surface area contributed by atoms with Gasteiger partial charge >= 0.3 is 0 Å². The summed E-state index contributed by atoms with van der Waals surface area (Å²) < 4.78 is 5.38. The van der Waals surface area contributed by atoms with Gasteiger partial charge in [0.1, 0.15) is 0 Å². The second-order valence-electron chi connectivity index (χ2n) is 6.13. The fourth-order valence-corrected chi connectivity index (χ4v) is 3.11. The Morgan fingerprint density at radius 3 is 2.67 bits per heavy atom. The maximum Gasteiger partial charge on any atom is 0.251 e. The molecule has 0 unspecified atom stereocenters. The van der Waals surface area contributed by atoms with Gasteiger partial charge in [0.15, 0.2) is 0 Å². The van der Waals surface area contributed by atoms with Crippen LogP contribution in [0.5, 0.6) is 0 Å². The first-order valence-corrected chi connectivity index (χ1v) is 7.91. The molecular formula is C17H23ClN4O2. The highest BCUT2D eigenvalue weighted by atomic mass is 35.5. The summed E-state index contributed by atoms with van der Waals surface area (Å²) in [5, 5.41) is 6.42. The van der Waals surface area contributed by atoms with E-state index < -0.39 is 0 Å². The molecule has 0 spiro atoms. The van der Waals surface area contributed by atoms with Crippen molar-refractivity contribution in [3.63, 3.8) is 0 Å². The highest BCUT2D eigenvalue weighted by Crippen LogP contribution is 2.28. The number of amides is 1. The molecule has 0 radical (unpaired) electrons. The van der Waals surface area contributed by atoms with E-state index in [4.69, 9.17) is 4.74 Å². The molecular weight excluding hydrogens is 328 g/mol. The predicted molar refractivity (Wildman–Crippen MR) is 95.5 cm³/mol. The average molecular weight is 351 g/mol. The molecule has 1 aliphatic rings. The van der Waals surface area contributed by atoms with Crippen LogP contribution in [0.3, 0.4) is 0 Å². The van der Waals surface area contributed by atoms with Crippen molar-refractivity contribution in [3.05, 3.63) is 36.2 Å². The lowest BCUT2D eigenvalue weighted by Crippen LogP contribution is -2.47. The van der Waals surface area contributed by atoms with E-state index >= 15 is 0 Å². The van der Waals surface area contributed by atoms with E-state index in [2.05, 4.69) is 20.6 Å². The zero-order valence-corrected chi connectivity index (χ0v) is 14.6. The minimum absolute atomic E-state index is 0. The highest BCUT2D eigenvalue weighted by molar-refractivity contribution is 5.97. The van der Waals surface area contributed by atoms with E-state index in [9.17, 15) is 4.79 Å². The van der Waals surface area contributed by atoms with Crippen LogP contribution >= 0.6 is 12.4 Å². The van der Waals surface area contributed by atoms with Crippen molar-refractivity contribution in [2.75, 3.05) is 33.4 Å². The third kappa shape index (κ3) is 4.20. The largest absolute Gasteiger partial charge is 0.384 e. The summed E-state index contributed by atoms with van der Waals surface area (Å²) >= 11 is 0. The SMILES string of the molecule is COCC1(CNC(=O)c2ccc3nccnc3c2)CCNCC1.Cl. The first-order chi connectivity index (χ1) is 11.2. The highest BCUT2D eigenvalue weighted by Gasteiger charge is 2.32. The summed E-state index contributed by atoms with van der Waals surface area (Å²) in [6.45, 7) is 3.22. The van der Waals surface area contributed by atoms with Gasteiger partial charge in [0.2, 0.25) is 0 Å². The van der Waals surface area contributed by atoms with Crippen molar-refractivity contribution in [1.29, 1.82) is 0 Å². The number of halogens is 1. The second-order valence-corrected chi connectivity index (χ2v) is 6.13. The monoisotopic (exact) mass is 350 g/mol. The van der Waals surface area contributed by atoms with Gasteiger partial charge < -0.3 is 15.4 Å². The van der Waals surface area contributed by atoms with Gasteiger partial charge in [-0.15, -0.1) is 12.4 Å². The lowest BCUT2D eigenvalue weighted by Gasteiger charge is -2.37. The Bertz CT molecular complexity index is 684. The van der Waals surface area contributed by atoms with Crippen molar-refractivity contribution in [3.8, 4) is 0 Å². The van der Waals surface area contributed by atoms with Crippen LogP contribution in [0.1, 0.15) is 23.2 Å². The number of carbonyl (C=O) groups is 1. The molecule has 7 heteroatoms. The van der Waals surface area contributed by atoms with Crippen molar-refractivity contribution in [2.45, 2.75) is 12.8 Å². The molecule has 130 valence electrons. The number of piperidine rings is 1. The summed E-state index contributed by atoms with van der Waals surface area (Å²) in [6.07, 6.45) is 5.29. The van der Waals surface area contributed by atoms with E-state index in [1.165, 1.54) is 0 Å². The minimum atomic E-state index is -0.0773. The maximum absolute atomic E-state index is 12.5. The Morgan fingerprint density at radius 2 is 1.96 bits per heavy atom. The van der Waals surface area contributed by atoms with E-state index in [1.807, 2.05) is 6.07 Å². The molecule has 1 aromatic heterocycles. The number of rotatable bonds is 5. The second kappa shape index (κ2) is 8.37. The van der Waals surface area contributed by atoms with Crippen molar-refractivity contribution < 1.29 is 9.53 Å². The molecule has 2 aromatic rings. The number of benzene rings is 1. The molecule has 3 rings (SSSR count). The van der Waals surface area contributed by atoms with Gasteiger partial charge in [-0.05, 0) is 44.1 Å². The molecule has 1 aromatic carbocycles. The number of hydrogen-bond acceptors (Lipinski definition) is 5. The van der Waals surface area contributed by atoms with Crippen LogP contribution in [0.25, 0.3) is 11.0 Å². The van der Waals surface area contributed by atoms with Crippen molar-refractivity contribution in [1.82, 2.24) is 20.6 Å². The van der Waals surface area contributed by atoms with E-state index in [0.29, 0.717) is 18.7 Å². The lowest BCUT2D eigenvalue weighted by atomic mass is 9.79. The van der Waals surface area contributed by atoms with Gasteiger partial charge in [0.25, 0.3) is 5.91 Å². The smallest absolute Gasteiger partial charge is 0.251 e. The molecule has 0 aliphatic carbocycles. The maximum atomic E-state index is 12.5. The Morgan fingerprint density at radius 1 is 1.25 bits per heavy atom. The molecule has 0 bridgehead atoms. The molecule has 1 aliphatic heterocycles. The van der Waals surface area contributed by atoms with E-state index in [0.717, 1.165) is 37.0 Å². The molecule has 1 saturated heterocycles. The number of methoxy groups -OCH3 is 1. The summed E-state index contributed by atoms with van der Waals surface area (Å²) in [5.41, 5.74) is 2.15. The summed E-state index contributed by atoms with van der Waals surface area (Å²) in [4.78, 5) is 20.9. The fraction of sp³-hybridized carbons (Fsp3) is 0.471. The number of nitrogens with zero attached hydrogens (tertiary/aromatic N) is 2. The lowest BCUT2D eigenvalue weighted by molar-refractivity contribution is 0.0512. The number of hydrogen-bond donors (Lipinski definition) is 2. The van der Waals surface area contributed by atoms with E-state index in [1.54, 1.807) is 31.6 Å². The van der Waals surface area contributed by atoms with Crippen molar-refractivity contribution in [2.24, 2.45) is 5.41 Å². The first-order valence-electron chi connectivity index (χ1n) is 7.91. The van der Waals surface area contributed by atoms with Crippen LogP contribution in [0.15, 0.2) is 30.6 Å². The summed E-state index contributed by atoms with van der Waals surface area (Å²) in [7, 11) is 1.72. The molecule has 1 amide bonds. The molecule has 0 atom stereocenters. The van der Waals surface area contributed by atoms with Gasteiger partial charge in [-0.2, -0.15) is 0 Å². The Balaban J connectivity index is 0.00000208.